The highest BCUT2D eigenvalue weighted by molar-refractivity contribution is 6.63. The molecule has 0 amide bonds. The largest absolute Gasteiger partial charge is 0.0648 e. The van der Waals surface area contributed by atoms with Crippen LogP contribution in [0.4, 0.5) is 0 Å². The molecule has 3 saturated carbocycles. The van der Waals surface area contributed by atoms with E-state index in [1.807, 2.05) is 5.56 Å². The van der Waals surface area contributed by atoms with Crippen molar-refractivity contribution in [3.05, 3.63) is 74.0 Å². The Balaban J connectivity index is 1.31. The van der Waals surface area contributed by atoms with Crippen LogP contribution < -0.4 is 5.22 Å². The van der Waals surface area contributed by atoms with Gasteiger partial charge in [-0.05, 0) is 219 Å². The lowest BCUT2D eigenvalue weighted by Crippen LogP contribution is -2.62. The van der Waals surface area contributed by atoms with Gasteiger partial charge in [0, 0.05) is 11.3 Å². The first kappa shape index (κ1) is 20.8. The molecule has 48 heavy (non-hydrogen) atoms. The van der Waals surface area contributed by atoms with Crippen molar-refractivity contribution >= 4 is 114 Å². The molecule has 0 heterocycles. The summed E-state index contributed by atoms with van der Waals surface area (Å²) >= 11 is 0. The number of fused-ring (bicyclic) bond motifs is 2. The molecule has 0 heteroatoms. The fourth-order valence-electron chi connectivity index (χ4n) is 18.1. The van der Waals surface area contributed by atoms with Crippen LogP contribution >= 0.6 is 0 Å². The number of hydrogen-bond donors (Lipinski definition) is 0. The van der Waals surface area contributed by atoms with Crippen molar-refractivity contribution in [2.45, 2.75) is 70.1 Å². The maximum absolute atomic E-state index is 3.00. The van der Waals surface area contributed by atoms with Gasteiger partial charge >= 0.3 is 0 Å². The first-order chi connectivity index (χ1) is 23.5. The van der Waals surface area contributed by atoms with Crippen LogP contribution in [0.5, 0.6) is 0 Å². The van der Waals surface area contributed by atoms with Crippen LogP contribution in [-0.2, 0) is 24.7 Å². The number of rotatable bonds is 0. The van der Waals surface area contributed by atoms with Crippen molar-refractivity contribution in [3.63, 3.8) is 0 Å². The molecule has 8 aliphatic carbocycles. The molecule has 19 rings (SSSR count). The Kier molecular flexibility index (Phi) is 2.16. The van der Waals surface area contributed by atoms with E-state index in [0.717, 1.165) is 19.3 Å². The lowest BCUT2D eigenvalue weighted by atomic mass is 9.35. The summed E-state index contributed by atoms with van der Waals surface area (Å²) in [5.41, 5.74) is 14.7. The third kappa shape index (κ3) is 1.28. The van der Waals surface area contributed by atoms with Crippen LogP contribution in [-0.4, -0.2) is 0 Å². The summed E-state index contributed by atoms with van der Waals surface area (Å²) < 4.78 is 0. The van der Waals surface area contributed by atoms with Gasteiger partial charge in [0.15, 0.2) is 0 Å². The van der Waals surface area contributed by atoms with Gasteiger partial charge in [-0.15, -0.1) is 0 Å². The fraction of sp³-hybridized carbons (Fsp3) is 0.292. The minimum atomic E-state index is 0.0891. The Labute approximate surface area is 273 Å². The van der Waals surface area contributed by atoms with Crippen molar-refractivity contribution in [2.75, 3.05) is 0 Å². The fourth-order valence-corrected chi connectivity index (χ4v) is 18.1. The molecular weight excluding hydrogens is 577 g/mol. The smallest absolute Gasteiger partial charge is 0.0287 e. The Morgan fingerprint density at radius 3 is 1.46 bits per heavy atom. The molecule has 0 radical (unpaired) electrons. The van der Waals surface area contributed by atoms with Crippen molar-refractivity contribution in [1.82, 2.24) is 0 Å². The molecule has 0 nitrogen and oxygen atoms in total. The Bertz CT molecular complexity index is 3730. The molecule has 8 aliphatic rings. The summed E-state index contributed by atoms with van der Waals surface area (Å²) in [6.45, 7) is 5.60. The van der Waals surface area contributed by atoms with Crippen LogP contribution in [0, 0.1) is 16.2 Å². The zero-order valence-corrected chi connectivity index (χ0v) is 26.9. The van der Waals surface area contributed by atoms with E-state index in [2.05, 4.69) is 44.2 Å². The lowest BCUT2D eigenvalue weighted by molar-refractivity contribution is -0.190. The highest BCUT2D eigenvalue weighted by Crippen LogP contribution is 2.93. The molecule has 5 atom stereocenters. The predicted molar refractivity (Wildman–Crippen MR) is 198 cm³/mol. The first-order valence-corrected chi connectivity index (χ1v) is 19.0. The summed E-state index contributed by atoms with van der Waals surface area (Å²) in [4.78, 5) is 0. The first-order valence-electron chi connectivity index (χ1n) is 19.0. The molecule has 0 aromatic heterocycles. The molecular formula is C48H26. The van der Waals surface area contributed by atoms with Crippen molar-refractivity contribution in [1.29, 1.82) is 0 Å². The summed E-state index contributed by atoms with van der Waals surface area (Å²) in [6.07, 6.45) is 12.0. The van der Waals surface area contributed by atoms with Gasteiger partial charge in [-0.2, -0.15) is 0 Å². The van der Waals surface area contributed by atoms with Gasteiger partial charge in [0.2, 0.25) is 0 Å². The zero-order valence-electron chi connectivity index (χ0n) is 26.9. The normalized spacial score (nSPS) is 33.8. The second kappa shape index (κ2) is 4.98. The SMILES string of the molecule is CC12CCC13CCC3(C)C13C=c4cc5c6c4c4c1c1c7c(cc8c7c7c9c(cc%10c%11c%12c(cc(c%13c6c6c4c1c7c(c%119)c6c%12%13)C5)C%10)C8)C23. The Morgan fingerprint density at radius 2 is 0.896 bits per heavy atom. The standard InChI is InChI=1S/C48H26/c1-45-3-5-47(45)6-4-46(47,2)48-14-21-12-19-10-17-8-15-7-16-9-18-11-20-13-22(44(45)48)30-26(20)34-28(18)32-24(16)23(15)31-27(17)33-25(19)29(21)41-39-37(33)35(31)36(32)38(34)40(39)42(30)43(41)48/h8-9,12-14,44H,3-7,10-11H2,1-2H3. The van der Waals surface area contributed by atoms with E-state index in [1.54, 1.807) is 152 Å². The average molecular weight is 603 g/mol. The van der Waals surface area contributed by atoms with E-state index in [0.29, 0.717) is 22.2 Å². The predicted octanol–water partition coefficient (Wildman–Crippen LogP) is 11.0. The maximum atomic E-state index is 3.00. The van der Waals surface area contributed by atoms with Crippen LogP contribution in [0.25, 0.3) is 114 Å². The molecule has 218 valence electrons. The molecule has 5 unspecified atom stereocenters. The molecule has 0 N–H and O–H groups in total. The molecule has 11 aromatic carbocycles. The average Bonchev–Trinajstić information content (AvgIpc) is 3.89. The van der Waals surface area contributed by atoms with E-state index < -0.39 is 0 Å². The van der Waals surface area contributed by atoms with E-state index in [4.69, 9.17) is 0 Å². The molecule has 3 fully saturated rings. The van der Waals surface area contributed by atoms with Gasteiger partial charge in [0.1, 0.15) is 0 Å². The summed E-state index contributed by atoms with van der Waals surface area (Å²) in [6, 6.07) is 11.0. The third-order valence-electron chi connectivity index (χ3n) is 19.1. The quantitative estimate of drug-likeness (QED) is 0.152. The van der Waals surface area contributed by atoms with Gasteiger partial charge in [0.05, 0.1) is 0 Å². The van der Waals surface area contributed by atoms with Crippen LogP contribution in [0.15, 0.2) is 24.3 Å². The molecule has 2 spiro atoms. The minimum absolute atomic E-state index is 0.0891. The lowest BCUT2D eigenvalue weighted by Gasteiger charge is -2.69. The van der Waals surface area contributed by atoms with E-state index in [-0.39, 0.29) is 5.41 Å². The maximum Gasteiger partial charge on any atom is 0.0287 e. The second-order valence-corrected chi connectivity index (χ2v) is 19.3. The van der Waals surface area contributed by atoms with Crippen LogP contribution in [0.1, 0.15) is 90.0 Å². The number of benzene rings is 6. The molecule has 0 aliphatic heterocycles. The van der Waals surface area contributed by atoms with Gasteiger partial charge in [-0.3, -0.25) is 0 Å². The van der Waals surface area contributed by atoms with E-state index in [1.165, 1.54) is 25.7 Å². The highest BCUT2D eigenvalue weighted by Gasteiger charge is 2.85. The zero-order chi connectivity index (χ0) is 29.8. The van der Waals surface area contributed by atoms with Crippen LogP contribution in [0.2, 0.25) is 0 Å². The van der Waals surface area contributed by atoms with Gasteiger partial charge < -0.3 is 0 Å². The molecule has 0 saturated heterocycles. The van der Waals surface area contributed by atoms with Crippen LogP contribution in [0.3, 0.4) is 0 Å². The summed E-state index contributed by atoms with van der Waals surface area (Å²) in [5, 5.41) is 35.3. The minimum Gasteiger partial charge on any atom is -0.0648 e. The summed E-state index contributed by atoms with van der Waals surface area (Å²) in [7, 11) is 0. The van der Waals surface area contributed by atoms with E-state index in [9.17, 15) is 0 Å². The number of hydrogen-bond acceptors (Lipinski definition) is 0. The molecule has 11 aromatic rings. The second-order valence-electron chi connectivity index (χ2n) is 19.3. The topological polar surface area (TPSA) is 0 Å². The third-order valence-corrected chi connectivity index (χ3v) is 19.1. The highest BCUT2D eigenvalue weighted by atomic mass is 14.9. The Morgan fingerprint density at radius 1 is 0.438 bits per heavy atom. The van der Waals surface area contributed by atoms with Crippen molar-refractivity contribution in [3.8, 4) is 0 Å². The van der Waals surface area contributed by atoms with E-state index >= 15 is 0 Å². The molecule has 0 bridgehead atoms. The summed E-state index contributed by atoms with van der Waals surface area (Å²) in [5.74, 6) is 0.588. The monoisotopic (exact) mass is 602 g/mol. The van der Waals surface area contributed by atoms with Crippen molar-refractivity contribution < 1.29 is 0 Å². The van der Waals surface area contributed by atoms with Crippen molar-refractivity contribution in [2.24, 2.45) is 16.2 Å². The van der Waals surface area contributed by atoms with Gasteiger partial charge in [-0.1, -0.05) is 44.2 Å². The van der Waals surface area contributed by atoms with Gasteiger partial charge in [0.25, 0.3) is 0 Å². The Hall–Kier alpha value is -4.42. The van der Waals surface area contributed by atoms with Gasteiger partial charge in [-0.25, -0.2) is 0 Å².